The highest BCUT2D eigenvalue weighted by Gasteiger charge is 2.45. The Morgan fingerprint density at radius 3 is 2.65 bits per heavy atom. The van der Waals surface area contributed by atoms with Gasteiger partial charge < -0.3 is 5.11 Å². The number of halogens is 1. The van der Waals surface area contributed by atoms with Crippen LogP contribution in [0.5, 0.6) is 0 Å². The van der Waals surface area contributed by atoms with Gasteiger partial charge in [0.1, 0.15) is 4.90 Å². The molecule has 1 aromatic rings. The molecule has 1 unspecified atom stereocenters. The third kappa shape index (κ3) is 2.43. The van der Waals surface area contributed by atoms with Crippen molar-refractivity contribution in [3.05, 3.63) is 28.8 Å². The minimum absolute atomic E-state index is 0.0328. The first-order chi connectivity index (χ1) is 9.18. The summed E-state index contributed by atoms with van der Waals surface area (Å²) in [5.41, 5.74) is -0.364. The van der Waals surface area contributed by atoms with E-state index in [-0.39, 0.29) is 23.0 Å². The van der Waals surface area contributed by atoms with Crippen LogP contribution >= 0.6 is 11.6 Å². The predicted octanol–water partition coefficient (Wildman–Crippen LogP) is 2.13. The van der Waals surface area contributed by atoms with Crippen molar-refractivity contribution in [3.63, 3.8) is 0 Å². The molecule has 1 N–H and O–H groups in total. The number of sulfonamides is 1. The van der Waals surface area contributed by atoms with Gasteiger partial charge in [0.05, 0.1) is 10.4 Å². The second kappa shape index (κ2) is 5.02. The maximum Gasteiger partial charge on any atom is 0.310 e. The van der Waals surface area contributed by atoms with E-state index in [0.717, 1.165) is 0 Å². The van der Waals surface area contributed by atoms with Crippen molar-refractivity contribution in [1.82, 2.24) is 4.31 Å². The fourth-order valence-electron chi connectivity index (χ4n) is 2.26. The molecule has 2 rings (SSSR count). The third-order valence-corrected chi connectivity index (χ3v) is 6.23. The highest BCUT2D eigenvalue weighted by molar-refractivity contribution is 7.89. The molecular weight excluding hydrogens is 302 g/mol. The van der Waals surface area contributed by atoms with E-state index in [2.05, 4.69) is 0 Å². The lowest BCUT2D eigenvalue weighted by Crippen LogP contribution is -2.35. The Bertz CT molecular complexity index is 658. The number of carboxylic acid groups (broad SMARTS) is 1. The smallest absolute Gasteiger partial charge is 0.310 e. The number of carbonyl (C=O) groups is 1. The van der Waals surface area contributed by atoms with E-state index in [0.29, 0.717) is 12.0 Å². The Hall–Kier alpha value is -1.11. The van der Waals surface area contributed by atoms with Crippen molar-refractivity contribution < 1.29 is 18.3 Å². The van der Waals surface area contributed by atoms with Crippen LogP contribution < -0.4 is 0 Å². The quantitative estimate of drug-likeness (QED) is 0.926. The number of nitrogens with zero attached hydrogens (tertiary/aromatic N) is 1. The molecule has 1 aromatic carbocycles. The van der Waals surface area contributed by atoms with Crippen LogP contribution in [0.3, 0.4) is 0 Å². The van der Waals surface area contributed by atoms with Crippen molar-refractivity contribution in [2.45, 2.75) is 25.2 Å². The Balaban J connectivity index is 2.38. The van der Waals surface area contributed by atoms with Gasteiger partial charge in [0.2, 0.25) is 10.0 Å². The molecule has 0 radical (unpaired) electrons. The number of carboxylic acids is 1. The van der Waals surface area contributed by atoms with Crippen molar-refractivity contribution in [1.29, 1.82) is 0 Å². The lowest BCUT2D eigenvalue weighted by molar-refractivity contribution is -0.146. The zero-order valence-electron chi connectivity index (χ0n) is 11.3. The number of hydrogen-bond acceptors (Lipinski definition) is 3. The van der Waals surface area contributed by atoms with Gasteiger partial charge in [0.25, 0.3) is 0 Å². The topological polar surface area (TPSA) is 74.7 Å². The molecule has 1 aliphatic rings. The van der Waals surface area contributed by atoms with Crippen LogP contribution in [0.25, 0.3) is 0 Å². The van der Waals surface area contributed by atoms with Gasteiger partial charge >= 0.3 is 5.97 Å². The maximum atomic E-state index is 12.6. The molecule has 5 nitrogen and oxygen atoms in total. The Morgan fingerprint density at radius 2 is 2.10 bits per heavy atom. The monoisotopic (exact) mass is 317 g/mol. The number of aryl methyl sites for hydroxylation is 1. The summed E-state index contributed by atoms with van der Waals surface area (Å²) in [7, 11) is -3.76. The van der Waals surface area contributed by atoms with Gasteiger partial charge in [-0.05, 0) is 31.9 Å². The van der Waals surface area contributed by atoms with E-state index in [1.807, 2.05) is 0 Å². The molecule has 20 heavy (non-hydrogen) atoms. The van der Waals surface area contributed by atoms with Crippen LogP contribution in [0.15, 0.2) is 23.1 Å². The minimum atomic E-state index is -3.76. The second-order valence-electron chi connectivity index (χ2n) is 5.34. The van der Waals surface area contributed by atoms with E-state index in [1.165, 1.54) is 10.4 Å². The normalized spacial score (nSPS) is 23.9. The Kier molecular flexibility index (Phi) is 3.83. The molecule has 110 valence electrons. The number of rotatable bonds is 3. The molecule has 1 aliphatic heterocycles. The second-order valence-corrected chi connectivity index (χ2v) is 7.63. The molecule has 0 spiro atoms. The zero-order chi connectivity index (χ0) is 15.1. The highest BCUT2D eigenvalue weighted by atomic mass is 35.5. The van der Waals surface area contributed by atoms with Gasteiger partial charge in [-0.15, -0.1) is 0 Å². The van der Waals surface area contributed by atoms with E-state index >= 15 is 0 Å². The first-order valence-electron chi connectivity index (χ1n) is 6.17. The molecule has 0 saturated carbocycles. The summed E-state index contributed by atoms with van der Waals surface area (Å²) >= 11 is 6.07. The van der Waals surface area contributed by atoms with Crippen LogP contribution in [0.4, 0.5) is 0 Å². The molecule has 1 atom stereocenters. The molecular formula is C13H16ClNO4S. The molecule has 0 amide bonds. The van der Waals surface area contributed by atoms with E-state index < -0.39 is 21.4 Å². The first kappa shape index (κ1) is 15.3. The summed E-state index contributed by atoms with van der Waals surface area (Å²) in [5, 5.41) is 9.37. The van der Waals surface area contributed by atoms with E-state index in [4.69, 9.17) is 11.6 Å². The van der Waals surface area contributed by atoms with Gasteiger partial charge in [-0.2, -0.15) is 4.31 Å². The Labute approximate surface area is 123 Å². The summed E-state index contributed by atoms with van der Waals surface area (Å²) < 4.78 is 26.3. The number of benzene rings is 1. The Morgan fingerprint density at radius 1 is 1.45 bits per heavy atom. The fourth-order valence-corrected chi connectivity index (χ4v) is 4.38. The largest absolute Gasteiger partial charge is 0.481 e. The molecule has 1 saturated heterocycles. The summed E-state index contributed by atoms with van der Waals surface area (Å²) in [6.45, 7) is 3.44. The zero-order valence-corrected chi connectivity index (χ0v) is 12.8. The summed E-state index contributed by atoms with van der Waals surface area (Å²) in [6, 6.07) is 4.80. The SMILES string of the molecule is Cc1cccc(S(=O)(=O)N2CCC(C)(C(=O)O)C2)c1Cl. The van der Waals surface area contributed by atoms with Crippen molar-refractivity contribution in [2.75, 3.05) is 13.1 Å². The lowest BCUT2D eigenvalue weighted by atomic mass is 9.90. The predicted molar refractivity (Wildman–Crippen MR) is 75.3 cm³/mol. The van der Waals surface area contributed by atoms with Crippen molar-refractivity contribution in [2.24, 2.45) is 5.41 Å². The summed E-state index contributed by atoms with van der Waals surface area (Å²) in [4.78, 5) is 11.2. The minimum Gasteiger partial charge on any atom is -0.481 e. The molecule has 1 fully saturated rings. The number of hydrogen-bond donors (Lipinski definition) is 1. The molecule has 0 aromatic heterocycles. The maximum absolute atomic E-state index is 12.6. The van der Waals surface area contributed by atoms with Gasteiger partial charge in [-0.1, -0.05) is 23.7 Å². The highest BCUT2D eigenvalue weighted by Crippen LogP contribution is 2.35. The number of aliphatic carboxylic acids is 1. The van der Waals surface area contributed by atoms with Crippen LogP contribution in [0.2, 0.25) is 5.02 Å². The van der Waals surface area contributed by atoms with Gasteiger partial charge in [0, 0.05) is 13.1 Å². The van der Waals surface area contributed by atoms with Crippen LogP contribution in [0.1, 0.15) is 18.9 Å². The van der Waals surface area contributed by atoms with Crippen LogP contribution in [0, 0.1) is 12.3 Å². The average molecular weight is 318 g/mol. The van der Waals surface area contributed by atoms with Crippen molar-refractivity contribution >= 4 is 27.6 Å². The summed E-state index contributed by atoms with van der Waals surface area (Å²) in [5.74, 6) is -0.981. The van der Waals surface area contributed by atoms with Gasteiger partial charge in [-0.3, -0.25) is 4.79 Å². The summed E-state index contributed by atoms with van der Waals surface area (Å²) in [6.07, 6.45) is 0.297. The molecule has 7 heteroatoms. The van der Waals surface area contributed by atoms with Gasteiger partial charge in [-0.25, -0.2) is 8.42 Å². The standard InChI is InChI=1S/C13H16ClNO4S/c1-9-4-3-5-10(11(9)14)20(18,19)15-7-6-13(2,8-15)12(16)17/h3-5H,6-8H2,1-2H3,(H,16,17). The molecule has 0 bridgehead atoms. The van der Waals surface area contributed by atoms with E-state index in [9.17, 15) is 18.3 Å². The lowest BCUT2D eigenvalue weighted by Gasteiger charge is -2.20. The van der Waals surface area contributed by atoms with Gasteiger partial charge in [0.15, 0.2) is 0 Å². The first-order valence-corrected chi connectivity index (χ1v) is 7.99. The van der Waals surface area contributed by atoms with Crippen molar-refractivity contribution in [3.8, 4) is 0 Å². The van der Waals surface area contributed by atoms with Crippen LogP contribution in [-0.2, 0) is 14.8 Å². The third-order valence-electron chi connectivity index (χ3n) is 3.73. The van der Waals surface area contributed by atoms with E-state index in [1.54, 1.807) is 26.0 Å². The fraction of sp³-hybridized carbons (Fsp3) is 0.462. The molecule has 0 aliphatic carbocycles. The van der Waals surface area contributed by atoms with Crippen LogP contribution in [-0.4, -0.2) is 36.9 Å². The molecule has 1 heterocycles. The average Bonchev–Trinajstić information content (AvgIpc) is 2.77.